The van der Waals surface area contributed by atoms with Crippen LogP contribution in [0.3, 0.4) is 0 Å². The zero-order valence-electron chi connectivity index (χ0n) is 14.9. The van der Waals surface area contributed by atoms with Crippen molar-refractivity contribution in [1.82, 2.24) is 20.4 Å². The van der Waals surface area contributed by atoms with Gasteiger partial charge in [0.05, 0.1) is 16.6 Å². The Balaban J connectivity index is 1.44. The van der Waals surface area contributed by atoms with Crippen LogP contribution in [0.5, 0.6) is 0 Å². The number of nitrogens with zero attached hydrogens (tertiary/aromatic N) is 2. The number of amides is 2. The lowest BCUT2D eigenvalue weighted by Gasteiger charge is -2.22. The van der Waals surface area contributed by atoms with Gasteiger partial charge >= 0.3 is 0 Å². The molecule has 2 amide bonds. The third-order valence-electron chi connectivity index (χ3n) is 4.87. The molecule has 1 aromatic carbocycles. The van der Waals surface area contributed by atoms with E-state index in [0.717, 1.165) is 38.8 Å². The van der Waals surface area contributed by atoms with Gasteiger partial charge in [-0.25, -0.2) is 0 Å². The Hall–Kier alpha value is -2.38. The normalized spacial score (nSPS) is 19.5. The summed E-state index contributed by atoms with van der Waals surface area (Å²) in [5, 5.41) is 13.8. The molecule has 1 unspecified atom stereocenters. The van der Waals surface area contributed by atoms with Gasteiger partial charge in [0.2, 0.25) is 0 Å². The molecule has 27 heavy (non-hydrogen) atoms. The predicted octanol–water partition coefficient (Wildman–Crippen LogP) is 2.61. The molecule has 1 atom stereocenters. The number of halogens is 1. The minimum absolute atomic E-state index is 0.215. The molecule has 142 valence electrons. The van der Waals surface area contributed by atoms with Crippen LogP contribution in [-0.4, -0.2) is 40.7 Å². The summed E-state index contributed by atoms with van der Waals surface area (Å²) in [4.78, 5) is 24.8. The highest BCUT2D eigenvalue weighted by molar-refractivity contribution is 6.34. The monoisotopic (exact) mass is 387 g/mol. The van der Waals surface area contributed by atoms with Gasteiger partial charge in [-0.3, -0.25) is 14.3 Å². The molecule has 8 heteroatoms. The highest BCUT2D eigenvalue weighted by Gasteiger charge is 2.25. The maximum Gasteiger partial charge on any atom is 0.276 e. The van der Waals surface area contributed by atoms with Crippen LogP contribution in [0.1, 0.15) is 52.6 Å². The van der Waals surface area contributed by atoms with E-state index in [1.54, 1.807) is 24.3 Å². The summed E-state index contributed by atoms with van der Waals surface area (Å²) < 4.78 is 1.84. The SMILES string of the molecule is O=C(Nc1ccc(Cl)c(C(=O)NC2CC2)c1)c1ccn(C2CCCNC2)n1. The molecule has 3 N–H and O–H groups in total. The molecule has 1 saturated heterocycles. The van der Waals surface area contributed by atoms with Crippen LogP contribution in [0.2, 0.25) is 5.02 Å². The molecule has 2 heterocycles. The maximum absolute atomic E-state index is 12.5. The van der Waals surface area contributed by atoms with Crippen molar-refractivity contribution in [2.45, 2.75) is 37.8 Å². The van der Waals surface area contributed by atoms with Crippen molar-refractivity contribution in [1.29, 1.82) is 0 Å². The quantitative estimate of drug-likeness (QED) is 0.735. The Morgan fingerprint density at radius 3 is 2.78 bits per heavy atom. The van der Waals surface area contributed by atoms with Crippen molar-refractivity contribution < 1.29 is 9.59 Å². The zero-order chi connectivity index (χ0) is 18.8. The van der Waals surface area contributed by atoms with Gasteiger partial charge in [-0.1, -0.05) is 11.6 Å². The first-order chi connectivity index (χ1) is 13.1. The van der Waals surface area contributed by atoms with E-state index < -0.39 is 0 Å². The number of carbonyl (C=O) groups excluding carboxylic acids is 2. The minimum Gasteiger partial charge on any atom is -0.349 e. The molecular weight excluding hydrogens is 366 g/mol. The molecule has 2 fully saturated rings. The minimum atomic E-state index is -0.312. The highest BCUT2D eigenvalue weighted by Crippen LogP contribution is 2.24. The number of anilines is 1. The van der Waals surface area contributed by atoms with Crippen molar-refractivity contribution in [3.8, 4) is 0 Å². The number of hydrogen-bond donors (Lipinski definition) is 3. The Morgan fingerprint density at radius 1 is 1.19 bits per heavy atom. The van der Waals surface area contributed by atoms with Crippen LogP contribution in [0.4, 0.5) is 5.69 Å². The summed E-state index contributed by atoms with van der Waals surface area (Å²) in [6.07, 6.45) is 5.98. The molecule has 2 aromatic rings. The molecule has 1 saturated carbocycles. The van der Waals surface area contributed by atoms with Gasteiger partial charge < -0.3 is 16.0 Å². The molecule has 7 nitrogen and oxygen atoms in total. The van der Waals surface area contributed by atoms with Crippen LogP contribution in [-0.2, 0) is 0 Å². The fraction of sp³-hybridized carbons (Fsp3) is 0.421. The molecular formula is C19H22ClN5O2. The van der Waals surface area contributed by atoms with Crippen molar-refractivity contribution in [3.63, 3.8) is 0 Å². The number of piperidine rings is 1. The van der Waals surface area contributed by atoms with E-state index in [9.17, 15) is 9.59 Å². The molecule has 2 aliphatic rings. The van der Waals surface area contributed by atoms with Gasteiger partial charge in [-0.05, 0) is 56.5 Å². The second kappa shape index (κ2) is 7.70. The Bertz CT molecular complexity index is 856. The fourth-order valence-corrected chi connectivity index (χ4v) is 3.39. The first kappa shape index (κ1) is 18.0. The number of carbonyl (C=O) groups is 2. The molecule has 4 rings (SSSR count). The van der Waals surface area contributed by atoms with Crippen molar-refractivity contribution in [3.05, 3.63) is 46.7 Å². The number of rotatable bonds is 5. The van der Waals surface area contributed by atoms with E-state index in [2.05, 4.69) is 21.0 Å². The maximum atomic E-state index is 12.5. The second-order valence-corrected chi connectivity index (χ2v) is 7.48. The number of benzene rings is 1. The third kappa shape index (κ3) is 4.31. The average Bonchev–Trinajstić information content (AvgIpc) is 3.35. The van der Waals surface area contributed by atoms with Crippen molar-refractivity contribution >= 4 is 29.1 Å². The van der Waals surface area contributed by atoms with E-state index in [1.165, 1.54) is 0 Å². The fourth-order valence-electron chi connectivity index (χ4n) is 3.18. The van der Waals surface area contributed by atoms with Crippen LogP contribution in [0.25, 0.3) is 0 Å². The zero-order valence-corrected chi connectivity index (χ0v) is 15.6. The van der Waals surface area contributed by atoms with E-state index in [4.69, 9.17) is 11.6 Å². The Labute approximate surface area is 162 Å². The van der Waals surface area contributed by atoms with Crippen LogP contribution in [0, 0.1) is 0 Å². The lowest BCUT2D eigenvalue weighted by atomic mass is 10.1. The Kier molecular flexibility index (Phi) is 5.13. The molecule has 0 radical (unpaired) electrons. The van der Waals surface area contributed by atoms with E-state index >= 15 is 0 Å². The van der Waals surface area contributed by atoms with E-state index in [0.29, 0.717) is 22.0 Å². The van der Waals surface area contributed by atoms with Gasteiger partial charge in [0, 0.05) is 24.5 Å². The number of aromatic nitrogens is 2. The lowest BCUT2D eigenvalue weighted by Crippen LogP contribution is -2.32. The Morgan fingerprint density at radius 2 is 2.04 bits per heavy atom. The van der Waals surface area contributed by atoms with Crippen LogP contribution in [0.15, 0.2) is 30.5 Å². The van der Waals surface area contributed by atoms with Gasteiger partial charge in [0.25, 0.3) is 11.8 Å². The van der Waals surface area contributed by atoms with Gasteiger partial charge in [-0.15, -0.1) is 0 Å². The summed E-state index contributed by atoms with van der Waals surface area (Å²) in [5.41, 5.74) is 1.22. The van der Waals surface area contributed by atoms with Crippen molar-refractivity contribution in [2.24, 2.45) is 0 Å². The van der Waals surface area contributed by atoms with Gasteiger partial charge in [0.1, 0.15) is 0 Å². The lowest BCUT2D eigenvalue weighted by molar-refractivity contribution is 0.0949. The summed E-state index contributed by atoms with van der Waals surface area (Å²) in [6.45, 7) is 1.89. The number of nitrogens with one attached hydrogen (secondary N) is 3. The standard InChI is InChI=1S/C19H22ClN5O2/c20-16-6-5-13(10-15(16)18(26)22-12-3-4-12)23-19(27)17-7-9-25(24-17)14-2-1-8-21-11-14/h5-7,9-10,12,14,21H,1-4,8,11H2,(H,22,26)(H,23,27). The third-order valence-corrected chi connectivity index (χ3v) is 5.20. The first-order valence-corrected chi connectivity index (χ1v) is 9.65. The molecule has 0 spiro atoms. The topological polar surface area (TPSA) is 88.0 Å². The predicted molar refractivity (Wildman–Crippen MR) is 103 cm³/mol. The van der Waals surface area contributed by atoms with Crippen LogP contribution >= 0.6 is 11.6 Å². The molecule has 0 bridgehead atoms. The summed E-state index contributed by atoms with van der Waals surface area (Å²) in [5.74, 6) is -0.527. The highest BCUT2D eigenvalue weighted by atomic mass is 35.5. The summed E-state index contributed by atoms with van der Waals surface area (Å²) >= 11 is 6.14. The van der Waals surface area contributed by atoms with Gasteiger partial charge in [-0.2, -0.15) is 5.10 Å². The summed E-state index contributed by atoms with van der Waals surface area (Å²) in [6, 6.07) is 7.11. The van der Waals surface area contributed by atoms with Crippen molar-refractivity contribution in [2.75, 3.05) is 18.4 Å². The molecule has 1 aliphatic heterocycles. The molecule has 1 aliphatic carbocycles. The van der Waals surface area contributed by atoms with E-state index in [-0.39, 0.29) is 23.9 Å². The van der Waals surface area contributed by atoms with Gasteiger partial charge in [0.15, 0.2) is 5.69 Å². The smallest absolute Gasteiger partial charge is 0.276 e. The summed E-state index contributed by atoms with van der Waals surface area (Å²) in [7, 11) is 0. The van der Waals surface area contributed by atoms with Crippen LogP contribution < -0.4 is 16.0 Å². The largest absolute Gasteiger partial charge is 0.349 e. The molecule has 1 aromatic heterocycles. The average molecular weight is 388 g/mol. The number of hydrogen-bond acceptors (Lipinski definition) is 4. The second-order valence-electron chi connectivity index (χ2n) is 7.08. The first-order valence-electron chi connectivity index (χ1n) is 9.28. The van der Waals surface area contributed by atoms with E-state index in [1.807, 2.05) is 10.9 Å².